The molecule has 0 radical (unpaired) electrons. The molecule has 0 aliphatic heterocycles. The van der Waals surface area contributed by atoms with Gasteiger partial charge in [0.1, 0.15) is 12.4 Å². The lowest BCUT2D eigenvalue weighted by molar-refractivity contribution is 0.314. The Bertz CT molecular complexity index is 542. The van der Waals surface area contributed by atoms with E-state index in [2.05, 4.69) is 23.7 Å². The number of rotatable bonds is 6. The number of benzene rings is 1. The van der Waals surface area contributed by atoms with Gasteiger partial charge in [-0.05, 0) is 42.1 Å². The summed E-state index contributed by atoms with van der Waals surface area (Å²) in [6, 6.07) is 7.37. The number of hydrogen-bond donors (Lipinski definition) is 1. The lowest BCUT2D eigenvalue weighted by atomic mass is 10.3. The van der Waals surface area contributed by atoms with E-state index in [0.29, 0.717) is 22.4 Å². The van der Waals surface area contributed by atoms with Gasteiger partial charge in [0.25, 0.3) is 0 Å². The number of hydrogen-bond acceptors (Lipinski definition) is 3. The van der Waals surface area contributed by atoms with Crippen LogP contribution in [0.4, 0.5) is 0 Å². The first-order chi connectivity index (χ1) is 9.16. The molecule has 102 valence electrons. The smallest absolute Gasteiger partial charge is 0.138 e. The molecule has 2 nitrogen and oxygen atoms in total. The lowest BCUT2D eigenvalue weighted by Gasteiger charge is -2.09. The van der Waals surface area contributed by atoms with E-state index in [1.165, 1.54) is 10.4 Å². The van der Waals surface area contributed by atoms with Gasteiger partial charge in [-0.3, -0.25) is 0 Å². The Morgan fingerprint density at radius 1 is 1.26 bits per heavy atom. The number of ether oxygens (including phenoxy) is 1. The summed E-state index contributed by atoms with van der Waals surface area (Å²) < 4.78 is 5.59. The van der Waals surface area contributed by atoms with Gasteiger partial charge in [-0.25, -0.2) is 0 Å². The topological polar surface area (TPSA) is 21.3 Å². The van der Waals surface area contributed by atoms with E-state index in [9.17, 15) is 0 Å². The second-order valence-electron chi connectivity index (χ2n) is 4.13. The minimum absolute atomic E-state index is 0.543. The monoisotopic (exact) mass is 315 g/mol. The Balaban J connectivity index is 1.71. The molecule has 1 heterocycles. The zero-order chi connectivity index (χ0) is 13.7. The van der Waals surface area contributed by atoms with E-state index in [1.807, 2.05) is 0 Å². The molecule has 0 aliphatic carbocycles. The van der Waals surface area contributed by atoms with Gasteiger partial charge >= 0.3 is 0 Å². The fraction of sp³-hybridized carbons (Fsp3) is 0.286. The van der Waals surface area contributed by atoms with E-state index in [-0.39, 0.29) is 0 Å². The zero-order valence-electron chi connectivity index (χ0n) is 10.6. The molecule has 1 aromatic heterocycles. The molecule has 0 atom stereocenters. The average molecular weight is 316 g/mol. The van der Waals surface area contributed by atoms with Crippen LogP contribution in [0.15, 0.2) is 29.6 Å². The minimum Gasteiger partial charge on any atom is -0.491 e. The van der Waals surface area contributed by atoms with Crippen molar-refractivity contribution in [3.05, 3.63) is 50.1 Å². The number of nitrogens with one attached hydrogen (secondary N) is 1. The summed E-state index contributed by atoms with van der Waals surface area (Å²) in [6.07, 6.45) is 0. The first kappa shape index (κ1) is 14.7. The summed E-state index contributed by atoms with van der Waals surface area (Å²) in [4.78, 5) is 1.37. The maximum absolute atomic E-state index is 6.02. The predicted molar refractivity (Wildman–Crippen MR) is 82.7 cm³/mol. The molecule has 2 aromatic rings. The fourth-order valence-corrected chi connectivity index (χ4v) is 2.95. The quantitative estimate of drug-likeness (QED) is 0.791. The third-order valence-corrected chi connectivity index (χ3v) is 4.24. The first-order valence-electron chi connectivity index (χ1n) is 5.98. The Labute approximate surface area is 127 Å². The molecule has 0 spiro atoms. The van der Waals surface area contributed by atoms with Crippen LogP contribution in [0.25, 0.3) is 0 Å². The van der Waals surface area contributed by atoms with Crippen molar-refractivity contribution in [2.24, 2.45) is 0 Å². The molecule has 1 aromatic carbocycles. The van der Waals surface area contributed by atoms with E-state index >= 15 is 0 Å². The highest BCUT2D eigenvalue weighted by molar-refractivity contribution is 7.10. The Morgan fingerprint density at radius 2 is 2.11 bits per heavy atom. The summed E-state index contributed by atoms with van der Waals surface area (Å²) in [6.45, 7) is 4.35. The summed E-state index contributed by atoms with van der Waals surface area (Å²) in [5, 5.41) is 6.61. The minimum atomic E-state index is 0.543. The van der Waals surface area contributed by atoms with Gasteiger partial charge in [0.2, 0.25) is 0 Å². The van der Waals surface area contributed by atoms with E-state index in [1.54, 1.807) is 29.5 Å². The summed E-state index contributed by atoms with van der Waals surface area (Å²) in [7, 11) is 0. The standard InChI is InChI=1S/C14H15Cl2NOS/c1-10-4-7-19-14(10)9-17-5-6-18-13-3-2-11(15)8-12(13)16/h2-4,7-8,17H,5-6,9H2,1H3. The highest BCUT2D eigenvalue weighted by Gasteiger charge is 2.02. The fourth-order valence-electron chi connectivity index (χ4n) is 1.61. The number of aryl methyl sites for hydroxylation is 1. The van der Waals surface area contributed by atoms with Crippen molar-refractivity contribution in [3.8, 4) is 5.75 Å². The van der Waals surface area contributed by atoms with Gasteiger partial charge in [0, 0.05) is 23.0 Å². The van der Waals surface area contributed by atoms with Gasteiger partial charge in [-0.2, -0.15) is 0 Å². The van der Waals surface area contributed by atoms with Crippen LogP contribution in [0.3, 0.4) is 0 Å². The first-order valence-corrected chi connectivity index (χ1v) is 7.62. The van der Waals surface area contributed by atoms with Gasteiger partial charge < -0.3 is 10.1 Å². The van der Waals surface area contributed by atoms with Crippen molar-refractivity contribution in [2.45, 2.75) is 13.5 Å². The van der Waals surface area contributed by atoms with Crippen LogP contribution >= 0.6 is 34.5 Å². The van der Waals surface area contributed by atoms with Crippen LogP contribution in [0.5, 0.6) is 5.75 Å². The van der Waals surface area contributed by atoms with Crippen molar-refractivity contribution in [1.29, 1.82) is 0 Å². The Morgan fingerprint density at radius 3 is 2.79 bits per heavy atom. The molecule has 0 saturated heterocycles. The van der Waals surface area contributed by atoms with Crippen molar-refractivity contribution in [1.82, 2.24) is 5.32 Å². The summed E-state index contributed by atoms with van der Waals surface area (Å²) in [5.41, 5.74) is 1.33. The molecule has 19 heavy (non-hydrogen) atoms. The van der Waals surface area contributed by atoms with Gasteiger partial charge in [0.15, 0.2) is 0 Å². The van der Waals surface area contributed by atoms with Gasteiger partial charge in [0.05, 0.1) is 5.02 Å². The van der Waals surface area contributed by atoms with E-state index < -0.39 is 0 Å². The van der Waals surface area contributed by atoms with Crippen LogP contribution in [0.1, 0.15) is 10.4 Å². The molecule has 1 N–H and O–H groups in total. The van der Waals surface area contributed by atoms with Crippen molar-refractivity contribution in [3.63, 3.8) is 0 Å². The molecule has 5 heteroatoms. The molecule has 0 bridgehead atoms. The molecular formula is C14H15Cl2NOS. The van der Waals surface area contributed by atoms with Crippen LogP contribution in [-0.2, 0) is 6.54 Å². The van der Waals surface area contributed by atoms with Crippen LogP contribution < -0.4 is 10.1 Å². The molecular weight excluding hydrogens is 301 g/mol. The third-order valence-electron chi connectivity index (χ3n) is 2.68. The van der Waals surface area contributed by atoms with E-state index in [0.717, 1.165) is 13.1 Å². The average Bonchev–Trinajstić information content (AvgIpc) is 2.77. The number of halogens is 2. The molecule has 0 unspecified atom stereocenters. The van der Waals surface area contributed by atoms with Crippen LogP contribution in [-0.4, -0.2) is 13.2 Å². The number of thiophene rings is 1. The molecule has 0 saturated carbocycles. The third kappa shape index (κ3) is 4.39. The highest BCUT2D eigenvalue weighted by atomic mass is 35.5. The molecule has 2 rings (SSSR count). The van der Waals surface area contributed by atoms with Crippen LogP contribution in [0.2, 0.25) is 10.0 Å². The highest BCUT2D eigenvalue weighted by Crippen LogP contribution is 2.27. The molecule has 0 aliphatic rings. The Kier molecular flexibility index (Phi) is 5.52. The SMILES string of the molecule is Cc1ccsc1CNCCOc1ccc(Cl)cc1Cl. The largest absolute Gasteiger partial charge is 0.491 e. The van der Waals surface area contributed by atoms with Crippen LogP contribution in [0, 0.1) is 6.92 Å². The second-order valence-corrected chi connectivity index (χ2v) is 5.97. The zero-order valence-corrected chi connectivity index (χ0v) is 12.9. The molecule has 0 amide bonds. The van der Waals surface area contributed by atoms with E-state index in [4.69, 9.17) is 27.9 Å². The maximum atomic E-state index is 6.02. The van der Waals surface area contributed by atoms with Crippen molar-refractivity contribution in [2.75, 3.05) is 13.2 Å². The summed E-state index contributed by atoms with van der Waals surface area (Å²) >= 11 is 13.6. The second kappa shape index (κ2) is 7.15. The Hall–Kier alpha value is -0.740. The lowest BCUT2D eigenvalue weighted by Crippen LogP contribution is -2.20. The normalized spacial score (nSPS) is 10.7. The summed E-state index contributed by atoms with van der Waals surface area (Å²) in [5.74, 6) is 0.667. The predicted octanol–water partition coefficient (Wildman–Crippen LogP) is 4.53. The van der Waals surface area contributed by atoms with Gasteiger partial charge in [-0.15, -0.1) is 11.3 Å². The maximum Gasteiger partial charge on any atom is 0.138 e. The van der Waals surface area contributed by atoms with Crippen molar-refractivity contribution >= 4 is 34.5 Å². The van der Waals surface area contributed by atoms with Crippen molar-refractivity contribution < 1.29 is 4.74 Å². The van der Waals surface area contributed by atoms with Gasteiger partial charge in [-0.1, -0.05) is 23.2 Å². The molecule has 0 fully saturated rings.